The Morgan fingerprint density at radius 1 is 1.60 bits per heavy atom. The fourth-order valence-corrected chi connectivity index (χ4v) is 1.28. The van der Waals surface area contributed by atoms with Crippen molar-refractivity contribution in [2.75, 3.05) is 14.2 Å². The third-order valence-electron chi connectivity index (χ3n) is 2.21. The average molecular weight is 144 g/mol. The molecular formula is C7H12O3. The number of hydrogen-bond donors (Lipinski definition) is 0. The van der Waals surface area contributed by atoms with Crippen molar-refractivity contribution >= 4 is 6.29 Å². The molecule has 3 heteroatoms. The van der Waals surface area contributed by atoms with Gasteiger partial charge in [-0.15, -0.1) is 0 Å². The molecule has 0 aromatic carbocycles. The van der Waals surface area contributed by atoms with Crippen LogP contribution in [0.25, 0.3) is 0 Å². The van der Waals surface area contributed by atoms with Crippen LogP contribution >= 0.6 is 0 Å². The lowest BCUT2D eigenvalue weighted by Gasteiger charge is -2.42. The summed E-state index contributed by atoms with van der Waals surface area (Å²) in [5.74, 6) is 0. The zero-order chi connectivity index (χ0) is 7.61. The van der Waals surface area contributed by atoms with Crippen LogP contribution < -0.4 is 0 Å². The van der Waals surface area contributed by atoms with E-state index in [0.717, 1.165) is 19.1 Å². The minimum absolute atomic E-state index is 0.0324. The maximum atomic E-state index is 10.5. The minimum Gasteiger partial charge on any atom is -0.378 e. The topological polar surface area (TPSA) is 35.5 Å². The van der Waals surface area contributed by atoms with Gasteiger partial charge >= 0.3 is 0 Å². The molecule has 1 fully saturated rings. The summed E-state index contributed by atoms with van der Waals surface area (Å²) in [5, 5.41) is 0. The van der Waals surface area contributed by atoms with Gasteiger partial charge in [0.2, 0.25) is 0 Å². The lowest BCUT2D eigenvalue weighted by Crippen LogP contribution is -2.55. The summed E-state index contributed by atoms with van der Waals surface area (Å²) in [5.41, 5.74) is -0.630. The van der Waals surface area contributed by atoms with E-state index in [0.29, 0.717) is 0 Å². The van der Waals surface area contributed by atoms with Crippen molar-refractivity contribution in [1.29, 1.82) is 0 Å². The monoisotopic (exact) mass is 144 g/mol. The number of methoxy groups -OCH3 is 2. The molecule has 0 aliphatic heterocycles. The largest absolute Gasteiger partial charge is 0.378 e. The molecule has 0 heterocycles. The Morgan fingerprint density at radius 3 is 2.40 bits per heavy atom. The maximum absolute atomic E-state index is 10.5. The van der Waals surface area contributed by atoms with Crippen molar-refractivity contribution in [3.8, 4) is 0 Å². The van der Waals surface area contributed by atoms with Crippen LogP contribution in [0.1, 0.15) is 12.8 Å². The molecule has 0 N–H and O–H groups in total. The van der Waals surface area contributed by atoms with Gasteiger partial charge in [-0.2, -0.15) is 0 Å². The van der Waals surface area contributed by atoms with E-state index < -0.39 is 5.60 Å². The summed E-state index contributed by atoms with van der Waals surface area (Å²) in [6, 6.07) is 0. The normalized spacial score (nSPS) is 38.8. The van der Waals surface area contributed by atoms with E-state index in [9.17, 15) is 4.79 Å². The molecule has 1 aliphatic carbocycles. The van der Waals surface area contributed by atoms with Gasteiger partial charge in [-0.05, 0) is 12.8 Å². The highest BCUT2D eigenvalue weighted by Crippen LogP contribution is 2.35. The first-order chi connectivity index (χ1) is 4.79. The van der Waals surface area contributed by atoms with Crippen molar-refractivity contribution in [3.63, 3.8) is 0 Å². The second kappa shape index (κ2) is 2.68. The molecule has 0 spiro atoms. The standard InChI is InChI=1S/C7H12O3/c1-9-6-3-4-7(6,5-8)10-2/h5-6H,3-4H2,1-2H3/t6-,7+/m0/s1. The Balaban J connectivity index is 2.57. The molecule has 1 rings (SSSR count). The second-order valence-electron chi connectivity index (χ2n) is 2.54. The molecule has 1 aliphatic rings. The Morgan fingerprint density at radius 2 is 2.30 bits per heavy atom. The van der Waals surface area contributed by atoms with Gasteiger partial charge in [0.05, 0.1) is 6.10 Å². The fraction of sp³-hybridized carbons (Fsp3) is 0.857. The average Bonchev–Trinajstić information content (AvgIpc) is 1.90. The third-order valence-corrected chi connectivity index (χ3v) is 2.21. The molecule has 0 amide bonds. The predicted octanol–water partition coefficient (Wildman–Crippen LogP) is 0.379. The maximum Gasteiger partial charge on any atom is 0.154 e. The van der Waals surface area contributed by atoms with Crippen molar-refractivity contribution in [3.05, 3.63) is 0 Å². The zero-order valence-electron chi connectivity index (χ0n) is 6.29. The highest BCUT2D eigenvalue weighted by Gasteiger charge is 2.47. The number of ether oxygens (including phenoxy) is 2. The molecule has 0 aromatic rings. The number of hydrogen-bond acceptors (Lipinski definition) is 3. The van der Waals surface area contributed by atoms with Gasteiger partial charge in [-0.1, -0.05) is 0 Å². The lowest BCUT2D eigenvalue weighted by molar-refractivity contribution is -0.177. The van der Waals surface area contributed by atoms with Gasteiger partial charge in [0.25, 0.3) is 0 Å². The summed E-state index contributed by atoms with van der Waals surface area (Å²) in [6.45, 7) is 0. The lowest BCUT2D eigenvalue weighted by atomic mass is 9.78. The smallest absolute Gasteiger partial charge is 0.154 e. The number of carbonyl (C=O) groups excluding carboxylic acids is 1. The number of aldehydes is 1. The number of rotatable bonds is 3. The summed E-state index contributed by atoms with van der Waals surface area (Å²) in [4.78, 5) is 10.5. The van der Waals surface area contributed by atoms with Crippen LogP contribution in [0.2, 0.25) is 0 Å². The quantitative estimate of drug-likeness (QED) is 0.537. The molecule has 0 saturated heterocycles. The first kappa shape index (κ1) is 7.69. The van der Waals surface area contributed by atoms with E-state index in [1.165, 1.54) is 0 Å². The van der Waals surface area contributed by atoms with Crippen molar-refractivity contribution < 1.29 is 14.3 Å². The van der Waals surface area contributed by atoms with Crippen LogP contribution in [0.4, 0.5) is 0 Å². The molecule has 0 radical (unpaired) electrons. The van der Waals surface area contributed by atoms with E-state index in [-0.39, 0.29) is 6.10 Å². The molecule has 10 heavy (non-hydrogen) atoms. The van der Waals surface area contributed by atoms with Crippen molar-refractivity contribution in [2.24, 2.45) is 0 Å². The first-order valence-electron chi connectivity index (χ1n) is 3.33. The molecule has 0 bridgehead atoms. The molecule has 0 unspecified atom stereocenters. The highest BCUT2D eigenvalue weighted by molar-refractivity contribution is 5.65. The van der Waals surface area contributed by atoms with Crippen LogP contribution in [-0.2, 0) is 14.3 Å². The van der Waals surface area contributed by atoms with Crippen LogP contribution in [0.15, 0.2) is 0 Å². The minimum atomic E-state index is -0.630. The van der Waals surface area contributed by atoms with Crippen LogP contribution in [0.3, 0.4) is 0 Å². The third kappa shape index (κ3) is 0.859. The molecule has 1 saturated carbocycles. The van der Waals surface area contributed by atoms with E-state index in [2.05, 4.69) is 0 Å². The highest BCUT2D eigenvalue weighted by atomic mass is 16.5. The number of carbonyl (C=O) groups is 1. The van der Waals surface area contributed by atoms with E-state index in [1.54, 1.807) is 14.2 Å². The zero-order valence-corrected chi connectivity index (χ0v) is 6.29. The van der Waals surface area contributed by atoms with Crippen LogP contribution in [-0.4, -0.2) is 32.2 Å². The van der Waals surface area contributed by atoms with Crippen LogP contribution in [0, 0.1) is 0 Å². The second-order valence-corrected chi connectivity index (χ2v) is 2.54. The van der Waals surface area contributed by atoms with Gasteiger partial charge in [-0.25, -0.2) is 0 Å². The van der Waals surface area contributed by atoms with Crippen molar-refractivity contribution in [2.45, 2.75) is 24.5 Å². The Hall–Kier alpha value is -0.410. The fourth-order valence-electron chi connectivity index (χ4n) is 1.28. The van der Waals surface area contributed by atoms with Gasteiger partial charge < -0.3 is 14.3 Å². The SMILES string of the molecule is CO[C@H]1CC[C@]1(C=O)OC. The summed E-state index contributed by atoms with van der Waals surface area (Å²) < 4.78 is 10.1. The molecule has 0 aromatic heterocycles. The first-order valence-corrected chi connectivity index (χ1v) is 3.33. The summed E-state index contributed by atoms with van der Waals surface area (Å²) in [6.07, 6.45) is 2.51. The molecule has 3 nitrogen and oxygen atoms in total. The summed E-state index contributed by atoms with van der Waals surface area (Å²) >= 11 is 0. The Kier molecular flexibility index (Phi) is 2.06. The van der Waals surface area contributed by atoms with Crippen LogP contribution in [0.5, 0.6) is 0 Å². The van der Waals surface area contributed by atoms with Gasteiger partial charge in [0, 0.05) is 14.2 Å². The van der Waals surface area contributed by atoms with E-state index in [4.69, 9.17) is 9.47 Å². The Bertz CT molecular complexity index is 129. The van der Waals surface area contributed by atoms with Crippen molar-refractivity contribution in [1.82, 2.24) is 0 Å². The van der Waals surface area contributed by atoms with Gasteiger partial charge in [0.1, 0.15) is 5.60 Å². The van der Waals surface area contributed by atoms with E-state index >= 15 is 0 Å². The molecular weight excluding hydrogens is 132 g/mol. The Labute approximate surface area is 60.3 Å². The molecule has 58 valence electrons. The summed E-state index contributed by atoms with van der Waals surface area (Å²) in [7, 11) is 3.14. The van der Waals surface area contributed by atoms with Gasteiger partial charge in [0.15, 0.2) is 6.29 Å². The van der Waals surface area contributed by atoms with Gasteiger partial charge in [-0.3, -0.25) is 0 Å². The molecule has 2 atom stereocenters. The predicted molar refractivity (Wildman–Crippen MR) is 35.8 cm³/mol. The van der Waals surface area contributed by atoms with E-state index in [1.807, 2.05) is 0 Å².